The molecule has 0 bridgehead atoms. The number of hydrogen-bond donors (Lipinski definition) is 1. The van der Waals surface area contributed by atoms with Crippen molar-refractivity contribution in [2.45, 2.75) is 53.1 Å². The van der Waals surface area contributed by atoms with Gasteiger partial charge < -0.3 is 19.7 Å². The van der Waals surface area contributed by atoms with Crippen molar-refractivity contribution in [1.29, 1.82) is 0 Å². The maximum Gasteiger partial charge on any atom is 0.174 e. The van der Waals surface area contributed by atoms with Crippen LogP contribution in [0.3, 0.4) is 0 Å². The van der Waals surface area contributed by atoms with Crippen molar-refractivity contribution >= 4 is 40.3 Å². The van der Waals surface area contributed by atoms with Crippen LogP contribution in [0.5, 0.6) is 0 Å². The Morgan fingerprint density at radius 2 is 1.59 bits per heavy atom. The molecule has 0 amide bonds. The molecule has 2 aliphatic rings. The standard InChI is InChI=1S/C34H38ClN5S/c1-21-17-22(2)20-38(19-21)30-15-14-27(18-28(30)35)40-33(32(37-34(40)41)29-13-9-10-16-36-29)31-23(3)24(4)39(25(31)5)26-11-7-6-8-12-26/h6-16,18,21-22,32-33H,17,19-20H2,1-5H3,(H,37,41). The zero-order chi connectivity index (χ0) is 28.8. The van der Waals surface area contributed by atoms with E-state index in [1.807, 2.05) is 18.3 Å². The third-order valence-corrected chi connectivity index (χ3v) is 9.45. The van der Waals surface area contributed by atoms with E-state index in [0.717, 1.165) is 40.9 Å². The zero-order valence-electron chi connectivity index (χ0n) is 24.4. The van der Waals surface area contributed by atoms with E-state index in [1.54, 1.807) is 0 Å². The van der Waals surface area contributed by atoms with Crippen LogP contribution in [-0.2, 0) is 0 Å². The summed E-state index contributed by atoms with van der Waals surface area (Å²) in [6.45, 7) is 13.4. The van der Waals surface area contributed by atoms with E-state index in [4.69, 9.17) is 28.8 Å². The van der Waals surface area contributed by atoms with Crippen molar-refractivity contribution in [3.63, 3.8) is 0 Å². The Morgan fingerprint density at radius 3 is 2.24 bits per heavy atom. The summed E-state index contributed by atoms with van der Waals surface area (Å²) >= 11 is 13.1. The highest BCUT2D eigenvalue weighted by Crippen LogP contribution is 2.46. The summed E-state index contributed by atoms with van der Waals surface area (Å²) in [7, 11) is 0. The smallest absolute Gasteiger partial charge is 0.174 e. The van der Waals surface area contributed by atoms with Crippen LogP contribution in [0.25, 0.3) is 5.69 Å². The molecule has 5 nitrogen and oxygen atoms in total. The summed E-state index contributed by atoms with van der Waals surface area (Å²) in [6.07, 6.45) is 3.11. The molecule has 2 aromatic carbocycles. The number of aromatic nitrogens is 2. The highest BCUT2D eigenvalue weighted by molar-refractivity contribution is 7.80. The molecule has 4 heterocycles. The molecule has 1 N–H and O–H groups in total. The predicted molar refractivity (Wildman–Crippen MR) is 175 cm³/mol. The van der Waals surface area contributed by atoms with Crippen molar-refractivity contribution in [2.75, 3.05) is 22.9 Å². The molecule has 212 valence electrons. The molecule has 2 fully saturated rings. The van der Waals surface area contributed by atoms with Gasteiger partial charge in [-0.2, -0.15) is 0 Å². The average molecular weight is 584 g/mol. The van der Waals surface area contributed by atoms with Gasteiger partial charge in [-0.05, 0) is 99.3 Å². The Balaban J connectivity index is 1.47. The largest absolute Gasteiger partial charge is 0.370 e. The fourth-order valence-corrected chi connectivity index (χ4v) is 7.73. The molecule has 0 aliphatic carbocycles. The molecule has 2 saturated heterocycles. The van der Waals surface area contributed by atoms with Gasteiger partial charge in [-0.3, -0.25) is 4.98 Å². The lowest BCUT2D eigenvalue weighted by molar-refractivity contribution is 0.357. The number of hydrogen-bond acceptors (Lipinski definition) is 3. The van der Waals surface area contributed by atoms with Crippen molar-refractivity contribution in [1.82, 2.24) is 14.9 Å². The van der Waals surface area contributed by atoms with Crippen LogP contribution in [0.4, 0.5) is 11.4 Å². The van der Waals surface area contributed by atoms with E-state index in [9.17, 15) is 0 Å². The Kier molecular flexibility index (Phi) is 7.56. The molecule has 7 heteroatoms. The van der Waals surface area contributed by atoms with Gasteiger partial charge in [0.15, 0.2) is 5.11 Å². The van der Waals surface area contributed by atoms with Crippen molar-refractivity contribution in [3.8, 4) is 5.69 Å². The molecule has 4 unspecified atom stereocenters. The summed E-state index contributed by atoms with van der Waals surface area (Å²) in [5, 5.41) is 5.07. The number of thiocarbonyl (C=S) groups is 1. The molecule has 6 rings (SSSR count). The number of nitrogens with one attached hydrogen (secondary N) is 1. The number of benzene rings is 2. The van der Waals surface area contributed by atoms with Gasteiger partial charge in [0.25, 0.3) is 0 Å². The Hall–Kier alpha value is -3.35. The minimum absolute atomic E-state index is 0.0991. The summed E-state index contributed by atoms with van der Waals surface area (Å²) in [5.41, 5.74) is 9.15. The third kappa shape index (κ3) is 5.02. The lowest BCUT2D eigenvalue weighted by atomic mass is 9.91. The second-order valence-electron chi connectivity index (χ2n) is 11.9. The second kappa shape index (κ2) is 11.1. The molecule has 0 radical (unpaired) electrons. The van der Waals surface area contributed by atoms with Gasteiger partial charge >= 0.3 is 0 Å². The summed E-state index contributed by atoms with van der Waals surface area (Å²) in [4.78, 5) is 9.45. The molecule has 0 spiro atoms. The van der Waals surface area contributed by atoms with E-state index < -0.39 is 0 Å². The number of anilines is 2. The number of para-hydroxylation sites is 1. The molecule has 2 aliphatic heterocycles. The lowest BCUT2D eigenvalue weighted by Gasteiger charge is -2.37. The Bertz CT molecular complexity index is 1560. The van der Waals surface area contributed by atoms with Crippen LogP contribution in [-0.4, -0.2) is 27.8 Å². The monoisotopic (exact) mass is 583 g/mol. The lowest BCUT2D eigenvalue weighted by Crippen LogP contribution is -2.38. The maximum atomic E-state index is 7.05. The van der Waals surface area contributed by atoms with Crippen LogP contribution < -0.4 is 15.1 Å². The fourth-order valence-electron chi connectivity index (χ4n) is 7.09. The van der Waals surface area contributed by atoms with Crippen molar-refractivity contribution < 1.29 is 0 Å². The number of piperidine rings is 1. The number of halogens is 1. The van der Waals surface area contributed by atoms with Gasteiger partial charge in [-0.15, -0.1) is 0 Å². The SMILES string of the molecule is Cc1c(C2C(c3ccccn3)NC(=S)N2c2ccc(N3CC(C)CC(C)C3)c(Cl)c2)c(C)n(-c2ccccc2)c1C. The maximum absolute atomic E-state index is 7.05. The van der Waals surface area contributed by atoms with E-state index in [2.05, 4.69) is 109 Å². The van der Waals surface area contributed by atoms with Gasteiger partial charge in [-0.25, -0.2) is 0 Å². The number of pyridine rings is 1. The summed E-state index contributed by atoms with van der Waals surface area (Å²) in [5.74, 6) is 1.30. The minimum atomic E-state index is -0.116. The normalized spacial score (nSPS) is 22.7. The third-order valence-electron chi connectivity index (χ3n) is 8.83. The van der Waals surface area contributed by atoms with Gasteiger partial charge in [0, 0.05) is 47.6 Å². The van der Waals surface area contributed by atoms with E-state index in [0.29, 0.717) is 16.9 Å². The number of nitrogens with zero attached hydrogens (tertiary/aromatic N) is 4. The Morgan fingerprint density at radius 1 is 0.878 bits per heavy atom. The first-order valence-corrected chi connectivity index (χ1v) is 15.3. The van der Waals surface area contributed by atoms with Crippen LogP contribution in [0.1, 0.15) is 60.6 Å². The van der Waals surface area contributed by atoms with Gasteiger partial charge in [-0.1, -0.05) is 49.7 Å². The number of rotatable bonds is 5. The van der Waals surface area contributed by atoms with Gasteiger partial charge in [0.05, 0.1) is 28.5 Å². The molecule has 4 atom stereocenters. The van der Waals surface area contributed by atoms with Crippen LogP contribution in [0, 0.1) is 32.6 Å². The summed E-state index contributed by atoms with van der Waals surface area (Å²) in [6, 6.07) is 22.9. The minimum Gasteiger partial charge on any atom is -0.370 e. The van der Waals surface area contributed by atoms with Crippen LogP contribution in [0.2, 0.25) is 5.02 Å². The molecule has 4 aromatic rings. The molecule has 2 aromatic heterocycles. The van der Waals surface area contributed by atoms with E-state index in [1.165, 1.54) is 28.9 Å². The highest BCUT2D eigenvalue weighted by atomic mass is 35.5. The van der Waals surface area contributed by atoms with Crippen LogP contribution in [0.15, 0.2) is 72.9 Å². The first-order valence-electron chi connectivity index (χ1n) is 14.5. The molecule has 41 heavy (non-hydrogen) atoms. The molecular weight excluding hydrogens is 546 g/mol. The highest BCUT2D eigenvalue weighted by Gasteiger charge is 2.43. The zero-order valence-corrected chi connectivity index (χ0v) is 26.0. The first-order chi connectivity index (χ1) is 19.7. The topological polar surface area (TPSA) is 36.3 Å². The molecular formula is C34H38ClN5S. The van der Waals surface area contributed by atoms with Crippen LogP contribution >= 0.6 is 23.8 Å². The van der Waals surface area contributed by atoms with Crippen molar-refractivity contribution in [2.24, 2.45) is 11.8 Å². The Labute approximate surface area is 254 Å². The quantitative estimate of drug-likeness (QED) is 0.240. The second-order valence-corrected chi connectivity index (χ2v) is 12.7. The van der Waals surface area contributed by atoms with E-state index >= 15 is 0 Å². The first kappa shape index (κ1) is 27.8. The van der Waals surface area contributed by atoms with Gasteiger partial charge in [0.1, 0.15) is 0 Å². The van der Waals surface area contributed by atoms with Gasteiger partial charge in [0.2, 0.25) is 0 Å². The fraction of sp³-hybridized carbons (Fsp3) is 0.353. The molecule has 0 saturated carbocycles. The average Bonchev–Trinajstić information content (AvgIpc) is 3.40. The summed E-state index contributed by atoms with van der Waals surface area (Å²) < 4.78 is 2.36. The van der Waals surface area contributed by atoms with E-state index in [-0.39, 0.29) is 12.1 Å². The predicted octanol–water partition coefficient (Wildman–Crippen LogP) is 8.11. The van der Waals surface area contributed by atoms with Crippen molar-refractivity contribution in [3.05, 3.63) is 106 Å².